The molecule has 0 radical (unpaired) electrons. The van der Waals surface area contributed by atoms with E-state index in [9.17, 15) is 22.9 Å². The zero-order valence-corrected chi connectivity index (χ0v) is 19.6. The number of sulfone groups is 1. The van der Waals surface area contributed by atoms with Crippen LogP contribution in [0.1, 0.15) is 11.1 Å². The van der Waals surface area contributed by atoms with E-state index in [4.69, 9.17) is 4.74 Å². The summed E-state index contributed by atoms with van der Waals surface area (Å²) in [5.74, 6) is -0.679. The monoisotopic (exact) mass is 536 g/mol. The summed E-state index contributed by atoms with van der Waals surface area (Å²) in [6.45, 7) is 0.0314. The highest BCUT2D eigenvalue weighted by Gasteiger charge is 2.17. The van der Waals surface area contributed by atoms with Crippen molar-refractivity contribution in [2.75, 3.05) is 11.6 Å². The molecule has 0 aliphatic carbocycles. The SMILES string of the molecule is CS(=O)(=O)c1nsc(NC(=O)C(C#N)=Cc2ccc(OCc3ccccc3F)c(Br)c2)n1. The van der Waals surface area contributed by atoms with Crippen LogP contribution in [0.15, 0.2) is 57.7 Å². The number of nitrogens with zero attached hydrogens (tertiary/aromatic N) is 3. The standard InChI is InChI=1S/C20H14BrFN4O4S2/c1-32(28,29)20-25-19(31-26-20)24-18(27)14(10-23)8-12-6-7-17(15(21)9-12)30-11-13-4-2-3-5-16(13)22/h2-9H,11H2,1H3,(H,24,25,26,27). The second-order valence-electron chi connectivity index (χ2n) is 6.35. The van der Waals surface area contributed by atoms with E-state index < -0.39 is 20.9 Å². The number of hydrogen-bond acceptors (Lipinski definition) is 8. The van der Waals surface area contributed by atoms with Crippen LogP contribution in [0.3, 0.4) is 0 Å². The highest BCUT2D eigenvalue weighted by atomic mass is 79.9. The first kappa shape index (κ1) is 23.5. The normalized spacial score (nSPS) is 11.6. The minimum Gasteiger partial charge on any atom is -0.488 e. The molecule has 0 aliphatic heterocycles. The van der Waals surface area contributed by atoms with Crippen molar-refractivity contribution >= 4 is 54.4 Å². The minimum atomic E-state index is -3.61. The van der Waals surface area contributed by atoms with Gasteiger partial charge < -0.3 is 4.74 Å². The molecular formula is C20H14BrFN4O4S2. The minimum absolute atomic E-state index is 0.0314. The predicted octanol–water partition coefficient (Wildman–Crippen LogP) is 3.97. The van der Waals surface area contributed by atoms with Crippen molar-refractivity contribution in [1.29, 1.82) is 5.26 Å². The fourth-order valence-corrected chi connectivity index (χ4v) is 4.34. The maximum absolute atomic E-state index is 13.7. The van der Waals surface area contributed by atoms with E-state index in [-0.39, 0.29) is 23.1 Å². The number of amides is 1. The number of rotatable bonds is 7. The molecule has 0 unspecified atom stereocenters. The van der Waals surface area contributed by atoms with Gasteiger partial charge in [-0.15, -0.1) is 0 Å². The van der Waals surface area contributed by atoms with E-state index in [1.54, 1.807) is 42.5 Å². The average Bonchev–Trinajstić information content (AvgIpc) is 3.21. The molecule has 0 bridgehead atoms. The fraction of sp³-hybridized carbons (Fsp3) is 0.100. The Hall–Kier alpha value is -3.14. The van der Waals surface area contributed by atoms with Gasteiger partial charge in [-0.25, -0.2) is 12.8 Å². The van der Waals surface area contributed by atoms with Crippen LogP contribution >= 0.6 is 27.5 Å². The number of carbonyl (C=O) groups excluding carboxylic acids is 1. The molecule has 2 aromatic carbocycles. The first-order chi connectivity index (χ1) is 15.2. The van der Waals surface area contributed by atoms with E-state index in [0.717, 1.165) is 6.26 Å². The molecule has 164 valence electrons. The molecular weight excluding hydrogens is 523 g/mol. The molecule has 12 heteroatoms. The van der Waals surface area contributed by atoms with E-state index in [0.29, 0.717) is 32.9 Å². The summed E-state index contributed by atoms with van der Waals surface area (Å²) in [5, 5.41) is 11.3. The van der Waals surface area contributed by atoms with Gasteiger partial charge in [0.25, 0.3) is 11.1 Å². The molecule has 0 saturated heterocycles. The molecule has 0 atom stereocenters. The van der Waals surface area contributed by atoms with Gasteiger partial charge in [0.1, 0.15) is 29.8 Å². The van der Waals surface area contributed by atoms with Gasteiger partial charge in [-0.1, -0.05) is 24.3 Å². The van der Waals surface area contributed by atoms with Gasteiger partial charge in [-0.3, -0.25) is 10.1 Å². The number of aromatic nitrogens is 2. The molecule has 3 aromatic rings. The average molecular weight is 537 g/mol. The van der Waals surface area contributed by atoms with Crippen LogP contribution < -0.4 is 10.1 Å². The molecule has 1 N–H and O–H groups in total. The van der Waals surface area contributed by atoms with Crippen molar-refractivity contribution < 1.29 is 22.3 Å². The third-order valence-electron chi connectivity index (χ3n) is 3.93. The number of carbonyl (C=O) groups is 1. The fourth-order valence-electron chi connectivity index (χ4n) is 2.39. The Bertz CT molecular complexity index is 1350. The van der Waals surface area contributed by atoms with Crippen LogP contribution in [0.25, 0.3) is 6.08 Å². The Labute approximate surface area is 195 Å². The van der Waals surface area contributed by atoms with Gasteiger partial charge in [0.2, 0.25) is 15.0 Å². The molecule has 1 amide bonds. The van der Waals surface area contributed by atoms with E-state index in [2.05, 4.69) is 30.6 Å². The Balaban J connectivity index is 1.72. The lowest BCUT2D eigenvalue weighted by molar-refractivity contribution is -0.112. The van der Waals surface area contributed by atoms with Crippen LogP contribution in [-0.4, -0.2) is 29.9 Å². The van der Waals surface area contributed by atoms with Crippen LogP contribution in [0.4, 0.5) is 9.52 Å². The number of ether oxygens (including phenoxy) is 1. The first-order valence-corrected chi connectivity index (χ1v) is 12.3. The third kappa shape index (κ3) is 5.97. The smallest absolute Gasteiger partial charge is 0.268 e. The van der Waals surface area contributed by atoms with Crippen LogP contribution in [0, 0.1) is 17.1 Å². The second kappa shape index (κ2) is 9.99. The summed E-state index contributed by atoms with van der Waals surface area (Å²) >= 11 is 4.05. The van der Waals surface area contributed by atoms with Gasteiger partial charge in [0.15, 0.2) is 0 Å². The Kier molecular flexibility index (Phi) is 7.34. The van der Waals surface area contributed by atoms with E-state index in [1.165, 1.54) is 12.1 Å². The predicted molar refractivity (Wildman–Crippen MR) is 120 cm³/mol. The van der Waals surface area contributed by atoms with Gasteiger partial charge >= 0.3 is 0 Å². The molecule has 1 aromatic heterocycles. The first-order valence-electron chi connectivity index (χ1n) is 8.80. The molecule has 32 heavy (non-hydrogen) atoms. The van der Waals surface area contributed by atoms with Gasteiger partial charge in [-0.2, -0.15) is 14.6 Å². The maximum atomic E-state index is 13.7. The maximum Gasteiger partial charge on any atom is 0.268 e. The number of benzene rings is 2. The molecule has 0 fully saturated rings. The summed E-state index contributed by atoms with van der Waals surface area (Å²) in [5.41, 5.74) is 0.700. The van der Waals surface area contributed by atoms with Crippen molar-refractivity contribution in [2.24, 2.45) is 0 Å². The lowest BCUT2D eigenvalue weighted by Crippen LogP contribution is -2.13. The lowest BCUT2D eigenvalue weighted by Gasteiger charge is -2.09. The highest BCUT2D eigenvalue weighted by molar-refractivity contribution is 9.10. The van der Waals surface area contributed by atoms with Crippen molar-refractivity contribution in [3.8, 4) is 11.8 Å². The molecule has 8 nitrogen and oxygen atoms in total. The number of hydrogen-bond donors (Lipinski definition) is 1. The number of halogens is 2. The topological polar surface area (TPSA) is 122 Å². The van der Waals surface area contributed by atoms with Gasteiger partial charge in [-0.05, 0) is 45.8 Å². The third-order valence-corrected chi connectivity index (χ3v) is 6.14. The van der Waals surface area contributed by atoms with Crippen molar-refractivity contribution in [3.05, 3.63) is 69.5 Å². The zero-order chi connectivity index (χ0) is 23.3. The van der Waals surface area contributed by atoms with Crippen molar-refractivity contribution in [3.63, 3.8) is 0 Å². The molecule has 3 rings (SSSR count). The zero-order valence-electron chi connectivity index (χ0n) is 16.4. The molecule has 0 aliphatic rings. The lowest BCUT2D eigenvalue weighted by atomic mass is 10.1. The molecule has 1 heterocycles. The largest absolute Gasteiger partial charge is 0.488 e. The summed E-state index contributed by atoms with van der Waals surface area (Å²) in [6, 6.07) is 12.9. The van der Waals surface area contributed by atoms with Crippen LogP contribution in [0.2, 0.25) is 0 Å². The number of nitrogens with one attached hydrogen (secondary N) is 1. The Morgan fingerprint density at radius 3 is 2.72 bits per heavy atom. The molecule has 0 saturated carbocycles. The van der Waals surface area contributed by atoms with Crippen LogP contribution in [-0.2, 0) is 21.2 Å². The van der Waals surface area contributed by atoms with E-state index in [1.807, 2.05) is 0 Å². The number of anilines is 1. The van der Waals surface area contributed by atoms with Crippen LogP contribution in [0.5, 0.6) is 5.75 Å². The van der Waals surface area contributed by atoms with Gasteiger partial charge in [0.05, 0.1) is 4.47 Å². The molecule has 0 spiro atoms. The quantitative estimate of drug-likeness (QED) is 0.358. The summed E-state index contributed by atoms with van der Waals surface area (Å²) in [7, 11) is -3.61. The summed E-state index contributed by atoms with van der Waals surface area (Å²) in [6.07, 6.45) is 2.29. The summed E-state index contributed by atoms with van der Waals surface area (Å²) < 4.78 is 46.4. The van der Waals surface area contributed by atoms with Crippen molar-refractivity contribution in [2.45, 2.75) is 11.8 Å². The Morgan fingerprint density at radius 1 is 1.34 bits per heavy atom. The van der Waals surface area contributed by atoms with E-state index >= 15 is 0 Å². The Morgan fingerprint density at radius 2 is 2.09 bits per heavy atom. The van der Waals surface area contributed by atoms with Gasteiger partial charge in [0, 0.05) is 23.4 Å². The van der Waals surface area contributed by atoms with Crippen molar-refractivity contribution in [1.82, 2.24) is 9.36 Å². The second-order valence-corrected chi connectivity index (χ2v) is 9.86. The summed E-state index contributed by atoms with van der Waals surface area (Å²) in [4.78, 5) is 16.1. The highest BCUT2D eigenvalue weighted by Crippen LogP contribution is 2.28. The number of nitriles is 1.